The highest BCUT2D eigenvalue weighted by Gasteiger charge is 2.14. The summed E-state index contributed by atoms with van der Waals surface area (Å²) in [5, 5.41) is 0. The predicted octanol–water partition coefficient (Wildman–Crippen LogP) is 4.31. The van der Waals surface area contributed by atoms with E-state index in [4.69, 9.17) is 4.74 Å². The molecule has 0 aliphatic carbocycles. The van der Waals surface area contributed by atoms with Crippen molar-refractivity contribution in [1.29, 1.82) is 0 Å². The van der Waals surface area contributed by atoms with Crippen LogP contribution in [0.15, 0.2) is 30.9 Å². The normalized spacial score (nSPS) is 12.6. The van der Waals surface area contributed by atoms with Gasteiger partial charge in [0.25, 0.3) is 0 Å². The Labute approximate surface area is 99.1 Å². The summed E-state index contributed by atoms with van der Waals surface area (Å²) in [6, 6.07) is 6.25. The van der Waals surface area contributed by atoms with Crippen molar-refractivity contribution >= 4 is 0 Å². The van der Waals surface area contributed by atoms with E-state index in [-0.39, 0.29) is 5.92 Å². The highest BCUT2D eigenvalue weighted by atomic mass is 16.5. The second-order valence-corrected chi connectivity index (χ2v) is 4.20. The molecule has 1 aromatic rings. The number of ether oxygens (including phenoxy) is 1. The van der Waals surface area contributed by atoms with Crippen LogP contribution in [0.3, 0.4) is 0 Å². The van der Waals surface area contributed by atoms with E-state index in [1.54, 1.807) is 0 Å². The Hall–Kier alpha value is -1.24. The third-order valence-electron chi connectivity index (χ3n) is 2.67. The third-order valence-corrected chi connectivity index (χ3v) is 2.67. The molecule has 16 heavy (non-hydrogen) atoms. The SMILES string of the molecule is [CH2]C(C=C)c1cccc(C(C)C)c1OCC. The minimum Gasteiger partial charge on any atom is -0.493 e. The summed E-state index contributed by atoms with van der Waals surface area (Å²) >= 11 is 0. The van der Waals surface area contributed by atoms with E-state index in [9.17, 15) is 0 Å². The molecule has 0 N–H and O–H groups in total. The molecule has 1 heteroatoms. The molecule has 0 aliphatic heterocycles. The molecule has 0 saturated heterocycles. The van der Waals surface area contributed by atoms with Crippen molar-refractivity contribution in [3.8, 4) is 5.75 Å². The van der Waals surface area contributed by atoms with E-state index in [1.165, 1.54) is 5.56 Å². The van der Waals surface area contributed by atoms with Crippen LogP contribution in [0.5, 0.6) is 5.75 Å². The summed E-state index contributed by atoms with van der Waals surface area (Å²) in [5.41, 5.74) is 2.37. The molecule has 0 aromatic heterocycles. The topological polar surface area (TPSA) is 9.23 Å². The monoisotopic (exact) mass is 217 g/mol. The van der Waals surface area contributed by atoms with Gasteiger partial charge in [0.15, 0.2) is 0 Å². The van der Waals surface area contributed by atoms with Crippen LogP contribution in [-0.2, 0) is 0 Å². The van der Waals surface area contributed by atoms with Crippen molar-refractivity contribution in [2.45, 2.75) is 32.6 Å². The number of hydrogen-bond acceptors (Lipinski definition) is 1. The minimum atomic E-state index is 0.0836. The van der Waals surface area contributed by atoms with E-state index in [2.05, 4.69) is 45.5 Å². The molecule has 87 valence electrons. The highest BCUT2D eigenvalue weighted by Crippen LogP contribution is 2.34. The van der Waals surface area contributed by atoms with Crippen LogP contribution in [-0.4, -0.2) is 6.61 Å². The zero-order valence-corrected chi connectivity index (χ0v) is 10.5. The molecule has 1 atom stereocenters. The summed E-state index contributed by atoms with van der Waals surface area (Å²) in [4.78, 5) is 0. The largest absolute Gasteiger partial charge is 0.493 e. The van der Waals surface area contributed by atoms with Crippen LogP contribution < -0.4 is 4.74 Å². The molecule has 0 heterocycles. The van der Waals surface area contributed by atoms with Crippen LogP contribution in [0.25, 0.3) is 0 Å². The van der Waals surface area contributed by atoms with Gasteiger partial charge in [-0.25, -0.2) is 0 Å². The first-order valence-electron chi connectivity index (χ1n) is 5.83. The van der Waals surface area contributed by atoms with Gasteiger partial charge in [-0.1, -0.05) is 38.1 Å². The molecule has 0 aliphatic rings. The van der Waals surface area contributed by atoms with E-state index >= 15 is 0 Å². The molecular formula is C15H21O. The van der Waals surface area contributed by atoms with Crippen molar-refractivity contribution in [3.63, 3.8) is 0 Å². The summed E-state index contributed by atoms with van der Waals surface area (Å²) in [6.45, 7) is 14.9. The van der Waals surface area contributed by atoms with Crippen molar-refractivity contribution in [1.82, 2.24) is 0 Å². The lowest BCUT2D eigenvalue weighted by atomic mass is 9.93. The van der Waals surface area contributed by atoms with Crippen LogP contribution in [0.4, 0.5) is 0 Å². The van der Waals surface area contributed by atoms with Gasteiger partial charge in [0.05, 0.1) is 6.61 Å². The molecule has 0 bridgehead atoms. The average Bonchev–Trinajstić information content (AvgIpc) is 2.28. The van der Waals surface area contributed by atoms with Gasteiger partial charge in [-0.15, -0.1) is 6.58 Å². The maximum Gasteiger partial charge on any atom is 0.126 e. The van der Waals surface area contributed by atoms with Gasteiger partial charge in [-0.2, -0.15) is 0 Å². The van der Waals surface area contributed by atoms with Crippen LogP contribution in [0.1, 0.15) is 43.7 Å². The van der Waals surface area contributed by atoms with Gasteiger partial charge in [0.2, 0.25) is 0 Å². The van der Waals surface area contributed by atoms with Crippen LogP contribution >= 0.6 is 0 Å². The molecule has 1 aromatic carbocycles. The Bertz CT molecular complexity index is 352. The molecule has 0 fully saturated rings. The van der Waals surface area contributed by atoms with E-state index < -0.39 is 0 Å². The molecular weight excluding hydrogens is 196 g/mol. The first-order valence-corrected chi connectivity index (χ1v) is 5.83. The zero-order valence-electron chi connectivity index (χ0n) is 10.5. The quantitative estimate of drug-likeness (QED) is 0.668. The maximum atomic E-state index is 5.76. The summed E-state index contributed by atoms with van der Waals surface area (Å²) in [5.74, 6) is 1.53. The number of benzene rings is 1. The molecule has 1 rings (SSSR count). The standard InChI is InChI=1S/C15H21O/c1-6-12(5)14-10-8-9-13(11(3)4)15(14)16-7-2/h6,8-12H,1,5,7H2,2-4H3. The fourth-order valence-corrected chi connectivity index (χ4v) is 1.76. The lowest BCUT2D eigenvalue weighted by Crippen LogP contribution is -2.03. The van der Waals surface area contributed by atoms with Gasteiger partial charge < -0.3 is 4.74 Å². The minimum absolute atomic E-state index is 0.0836. The number of rotatable bonds is 5. The smallest absolute Gasteiger partial charge is 0.126 e. The Morgan fingerprint density at radius 2 is 1.94 bits per heavy atom. The first-order chi connectivity index (χ1) is 7.61. The Morgan fingerprint density at radius 1 is 1.31 bits per heavy atom. The number of hydrogen-bond donors (Lipinski definition) is 0. The van der Waals surface area contributed by atoms with Crippen molar-refractivity contribution in [2.24, 2.45) is 0 Å². The van der Waals surface area contributed by atoms with E-state index in [0.717, 1.165) is 11.3 Å². The van der Waals surface area contributed by atoms with Gasteiger partial charge >= 0.3 is 0 Å². The third kappa shape index (κ3) is 2.66. The molecule has 0 spiro atoms. The number of allylic oxidation sites excluding steroid dienone is 1. The maximum absolute atomic E-state index is 5.76. The number of para-hydroxylation sites is 1. The predicted molar refractivity (Wildman–Crippen MR) is 70.0 cm³/mol. The van der Waals surface area contributed by atoms with Crippen molar-refractivity contribution in [3.05, 3.63) is 48.9 Å². The van der Waals surface area contributed by atoms with E-state index in [1.807, 2.05) is 13.0 Å². The van der Waals surface area contributed by atoms with Crippen molar-refractivity contribution in [2.75, 3.05) is 6.61 Å². The molecule has 0 saturated carbocycles. The second-order valence-electron chi connectivity index (χ2n) is 4.20. The summed E-state index contributed by atoms with van der Waals surface area (Å²) in [6.07, 6.45) is 1.85. The molecule has 1 unspecified atom stereocenters. The van der Waals surface area contributed by atoms with E-state index in [0.29, 0.717) is 12.5 Å². The van der Waals surface area contributed by atoms with Crippen LogP contribution in [0, 0.1) is 6.92 Å². The fourth-order valence-electron chi connectivity index (χ4n) is 1.76. The molecule has 1 radical (unpaired) electrons. The van der Waals surface area contributed by atoms with Gasteiger partial charge in [0, 0.05) is 11.5 Å². The Balaban J connectivity index is 3.25. The average molecular weight is 217 g/mol. The lowest BCUT2D eigenvalue weighted by Gasteiger charge is -2.19. The Kier molecular flexibility index (Phi) is 4.60. The van der Waals surface area contributed by atoms with Gasteiger partial charge in [-0.05, 0) is 25.3 Å². The zero-order chi connectivity index (χ0) is 12.1. The van der Waals surface area contributed by atoms with Gasteiger partial charge in [0.1, 0.15) is 5.75 Å². The summed E-state index contributed by atoms with van der Waals surface area (Å²) < 4.78 is 5.76. The molecule has 0 amide bonds. The first kappa shape index (κ1) is 12.8. The Morgan fingerprint density at radius 3 is 2.44 bits per heavy atom. The van der Waals surface area contributed by atoms with Crippen molar-refractivity contribution < 1.29 is 4.74 Å². The van der Waals surface area contributed by atoms with Crippen LogP contribution in [0.2, 0.25) is 0 Å². The lowest BCUT2D eigenvalue weighted by molar-refractivity contribution is 0.331. The molecule has 1 nitrogen and oxygen atoms in total. The highest BCUT2D eigenvalue weighted by molar-refractivity contribution is 5.46. The second kappa shape index (κ2) is 5.74. The fraction of sp³-hybridized carbons (Fsp3) is 0.400. The summed E-state index contributed by atoms with van der Waals surface area (Å²) in [7, 11) is 0. The van der Waals surface area contributed by atoms with Gasteiger partial charge in [-0.3, -0.25) is 0 Å².